The quantitative estimate of drug-likeness (QED) is 0.779. The Kier molecular flexibility index (Phi) is 3.75. The molecule has 0 radical (unpaired) electrons. The summed E-state index contributed by atoms with van der Waals surface area (Å²) in [5.41, 5.74) is 0. The van der Waals surface area contributed by atoms with Crippen LogP contribution in [0.4, 0.5) is 4.79 Å². The number of carboxylic acid groups (broad SMARTS) is 1. The van der Waals surface area contributed by atoms with Gasteiger partial charge in [0.05, 0.1) is 5.92 Å². The molecule has 2 aliphatic heterocycles. The third kappa shape index (κ3) is 2.58. The number of carbonyl (C=O) groups excluding carboxylic acids is 1. The third-order valence-corrected chi connectivity index (χ3v) is 3.98. The van der Waals surface area contributed by atoms with Gasteiger partial charge < -0.3 is 19.8 Å². The van der Waals surface area contributed by atoms with Gasteiger partial charge in [-0.3, -0.25) is 4.79 Å². The highest BCUT2D eigenvalue weighted by molar-refractivity contribution is 5.79. The molecule has 0 bridgehead atoms. The van der Waals surface area contributed by atoms with E-state index in [9.17, 15) is 9.59 Å². The van der Waals surface area contributed by atoms with Crippen LogP contribution in [0.5, 0.6) is 0 Å². The molecule has 0 aromatic carbocycles. The maximum absolute atomic E-state index is 12.0. The second kappa shape index (κ2) is 5.14. The molecule has 6 heteroatoms. The molecule has 1 atom stereocenters. The molecule has 6 nitrogen and oxygen atoms in total. The Balaban J connectivity index is 1.77. The van der Waals surface area contributed by atoms with Crippen molar-refractivity contribution in [1.82, 2.24) is 14.7 Å². The van der Waals surface area contributed by atoms with Crippen LogP contribution in [0, 0.1) is 5.92 Å². The molecule has 2 saturated heterocycles. The predicted octanol–water partition coefficient (Wildman–Crippen LogP) is 0.149. The number of nitrogens with zero attached hydrogens (tertiary/aromatic N) is 3. The summed E-state index contributed by atoms with van der Waals surface area (Å²) in [6, 6.07) is 0.392. The lowest BCUT2D eigenvalue weighted by atomic mass is 10.0. The number of likely N-dealkylation sites (tertiary alicyclic amines) is 2. The number of carbonyl (C=O) groups is 2. The fraction of sp³-hybridized carbons (Fsp3) is 0.833. The molecule has 2 rings (SSSR count). The SMILES string of the molecule is CN(CC1CCCN1C)C(=O)N1CC(C(=O)O)C1. The van der Waals surface area contributed by atoms with E-state index in [1.54, 1.807) is 16.8 Å². The van der Waals surface area contributed by atoms with Crippen LogP contribution in [0.2, 0.25) is 0 Å². The summed E-state index contributed by atoms with van der Waals surface area (Å²) in [5.74, 6) is -1.19. The first-order chi connectivity index (χ1) is 8.49. The van der Waals surface area contributed by atoms with E-state index in [0.29, 0.717) is 19.1 Å². The highest BCUT2D eigenvalue weighted by atomic mass is 16.4. The van der Waals surface area contributed by atoms with E-state index in [-0.39, 0.29) is 11.9 Å². The molecular weight excluding hydrogens is 234 g/mol. The molecule has 1 unspecified atom stereocenters. The molecule has 2 heterocycles. The zero-order valence-electron chi connectivity index (χ0n) is 11.0. The summed E-state index contributed by atoms with van der Waals surface area (Å²) in [6.45, 7) is 2.51. The summed E-state index contributed by atoms with van der Waals surface area (Å²) >= 11 is 0. The van der Waals surface area contributed by atoms with E-state index in [1.807, 2.05) is 0 Å². The second-order valence-electron chi connectivity index (χ2n) is 5.38. The number of urea groups is 1. The van der Waals surface area contributed by atoms with Crippen molar-refractivity contribution in [1.29, 1.82) is 0 Å². The van der Waals surface area contributed by atoms with Gasteiger partial charge in [0.1, 0.15) is 0 Å². The average molecular weight is 255 g/mol. The fourth-order valence-electron chi connectivity index (χ4n) is 2.64. The van der Waals surface area contributed by atoms with Crippen LogP contribution in [0.3, 0.4) is 0 Å². The van der Waals surface area contributed by atoms with Gasteiger partial charge in [0.15, 0.2) is 0 Å². The smallest absolute Gasteiger partial charge is 0.319 e. The molecule has 2 amide bonds. The minimum atomic E-state index is -0.808. The molecule has 102 valence electrons. The minimum absolute atomic E-state index is 0.0483. The molecule has 1 N–H and O–H groups in total. The van der Waals surface area contributed by atoms with Crippen LogP contribution in [0.25, 0.3) is 0 Å². The van der Waals surface area contributed by atoms with Gasteiger partial charge in [0.25, 0.3) is 0 Å². The topological polar surface area (TPSA) is 64.1 Å². The third-order valence-electron chi connectivity index (χ3n) is 3.98. The van der Waals surface area contributed by atoms with Crippen LogP contribution in [0.15, 0.2) is 0 Å². The molecule has 0 aromatic heterocycles. The Labute approximate surface area is 107 Å². The average Bonchev–Trinajstić information content (AvgIpc) is 2.61. The molecule has 2 fully saturated rings. The Morgan fingerprint density at radius 1 is 1.39 bits per heavy atom. The van der Waals surface area contributed by atoms with Crippen LogP contribution in [-0.2, 0) is 4.79 Å². The predicted molar refractivity (Wildman–Crippen MR) is 66.4 cm³/mol. The number of aliphatic carboxylic acids is 1. The van der Waals surface area contributed by atoms with E-state index in [4.69, 9.17) is 5.11 Å². The largest absolute Gasteiger partial charge is 0.481 e. The summed E-state index contributed by atoms with van der Waals surface area (Å²) in [7, 11) is 3.88. The maximum Gasteiger partial charge on any atom is 0.319 e. The standard InChI is InChI=1S/C12H21N3O3/c1-13-5-3-4-10(13)8-14(2)12(18)15-6-9(7-15)11(16)17/h9-10H,3-8H2,1-2H3,(H,16,17). The van der Waals surface area contributed by atoms with E-state index in [2.05, 4.69) is 11.9 Å². The monoisotopic (exact) mass is 255 g/mol. The zero-order valence-corrected chi connectivity index (χ0v) is 11.0. The van der Waals surface area contributed by atoms with Crippen molar-refractivity contribution >= 4 is 12.0 Å². The van der Waals surface area contributed by atoms with Crippen molar-refractivity contribution in [2.24, 2.45) is 5.92 Å². The van der Waals surface area contributed by atoms with Crippen molar-refractivity contribution in [3.05, 3.63) is 0 Å². The number of likely N-dealkylation sites (N-methyl/N-ethyl adjacent to an activating group) is 2. The van der Waals surface area contributed by atoms with Gasteiger partial charge in [-0.25, -0.2) is 4.79 Å². The summed E-state index contributed by atoms with van der Waals surface area (Å²) in [6.07, 6.45) is 2.32. The Bertz CT molecular complexity index is 341. The normalized spacial score (nSPS) is 25.0. The molecular formula is C12H21N3O3. The number of carboxylic acids is 1. The number of hydrogen-bond acceptors (Lipinski definition) is 3. The first kappa shape index (κ1) is 13.1. The minimum Gasteiger partial charge on any atom is -0.481 e. The molecule has 0 saturated carbocycles. The van der Waals surface area contributed by atoms with Crippen LogP contribution in [-0.4, -0.2) is 78.1 Å². The molecule has 18 heavy (non-hydrogen) atoms. The van der Waals surface area contributed by atoms with Crippen LogP contribution < -0.4 is 0 Å². The van der Waals surface area contributed by atoms with Crippen molar-refractivity contribution < 1.29 is 14.7 Å². The van der Waals surface area contributed by atoms with Crippen LogP contribution in [0.1, 0.15) is 12.8 Å². The van der Waals surface area contributed by atoms with Crippen molar-refractivity contribution in [2.75, 3.05) is 40.3 Å². The maximum atomic E-state index is 12.0. The highest BCUT2D eigenvalue weighted by Crippen LogP contribution is 2.19. The molecule has 0 spiro atoms. The summed E-state index contributed by atoms with van der Waals surface area (Å²) < 4.78 is 0. The number of amides is 2. The van der Waals surface area contributed by atoms with Gasteiger partial charge >= 0.3 is 12.0 Å². The highest BCUT2D eigenvalue weighted by Gasteiger charge is 2.37. The number of hydrogen-bond donors (Lipinski definition) is 1. The Morgan fingerprint density at radius 3 is 2.56 bits per heavy atom. The van der Waals surface area contributed by atoms with Gasteiger partial charge in [-0.05, 0) is 26.4 Å². The lowest BCUT2D eigenvalue weighted by molar-refractivity contribution is -0.146. The van der Waals surface area contributed by atoms with Gasteiger partial charge in [-0.1, -0.05) is 0 Å². The van der Waals surface area contributed by atoms with Gasteiger partial charge in [0.2, 0.25) is 0 Å². The van der Waals surface area contributed by atoms with E-state index in [0.717, 1.165) is 19.5 Å². The fourth-order valence-corrected chi connectivity index (χ4v) is 2.64. The van der Waals surface area contributed by atoms with E-state index >= 15 is 0 Å². The zero-order chi connectivity index (χ0) is 13.3. The van der Waals surface area contributed by atoms with E-state index in [1.165, 1.54) is 6.42 Å². The van der Waals surface area contributed by atoms with Gasteiger partial charge in [-0.2, -0.15) is 0 Å². The van der Waals surface area contributed by atoms with Crippen molar-refractivity contribution in [3.63, 3.8) is 0 Å². The molecule has 0 aromatic rings. The Morgan fingerprint density at radius 2 is 2.06 bits per heavy atom. The lowest BCUT2D eigenvalue weighted by Gasteiger charge is -2.39. The molecule has 0 aliphatic carbocycles. The van der Waals surface area contributed by atoms with E-state index < -0.39 is 5.97 Å². The van der Waals surface area contributed by atoms with Gasteiger partial charge in [-0.15, -0.1) is 0 Å². The van der Waals surface area contributed by atoms with Crippen molar-refractivity contribution in [3.8, 4) is 0 Å². The first-order valence-corrected chi connectivity index (χ1v) is 6.42. The van der Waals surface area contributed by atoms with Crippen molar-refractivity contribution in [2.45, 2.75) is 18.9 Å². The number of rotatable bonds is 3. The summed E-state index contributed by atoms with van der Waals surface area (Å²) in [5, 5.41) is 8.78. The summed E-state index contributed by atoms with van der Waals surface area (Å²) in [4.78, 5) is 28.3. The second-order valence-corrected chi connectivity index (χ2v) is 5.38. The van der Waals surface area contributed by atoms with Gasteiger partial charge in [0, 0.05) is 32.7 Å². The Hall–Kier alpha value is -1.30. The lowest BCUT2D eigenvalue weighted by Crippen LogP contribution is -2.57. The first-order valence-electron chi connectivity index (χ1n) is 6.42. The van der Waals surface area contributed by atoms with Crippen LogP contribution >= 0.6 is 0 Å². The molecule has 2 aliphatic rings.